The van der Waals surface area contributed by atoms with Crippen LogP contribution in [0.2, 0.25) is 0 Å². The first-order valence-electron chi connectivity index (χ1n) is 7.04. The normalized spacial score (nSPS) is 23.9. The van der Waals surface area contributed by atoms with E-state index in [2.05, 4.69) is 38.5 Å². The highest BCUT2D eigenvalue weighted by Gasteiger charge is 2.20. The van der Waals surface area contributed by atoms with E-state index in [1.54, 1.807) is 0 Å². The number of imidazole rings is 1. The Hall–Kier alpha value is -1.03. The van der Waals surface area contributed by atoms with Gasteiger partial charge in [-0.05, 0) is 42.9 Å². The SMILES string of the molecule is CC1CCC(Cn2c(N)nc3ccc(Br)cc32)CC1. The van der Waals surface area contributed by atoms with Gasteiger partial charge in [0.15, 0.2) is 0 Å². The number of nitrogens with two attached hydrogens (primary N) is 1. The second-order valence-electron chi connectivity index (χ2n) is 5.84. The molecule has 1 aliphatic carbocycles. The Morgan fingerprint density at radius 2 is 2.05 bits per heavy atom. The molecule has 3 rings (SSSR count). The van der Waals surface area contributed by atoms with Crippen molar-refractivity contribution in [2.75, 3.05) is 5.73 Å². The topological polar surface area (TPSA) is 43.8 Å². The van der Waals surface area contributed by atoms with Crippen molar-refractivity contribution in [1.82, 2.24) is 9.55 Å². The maximum Gasteiger partial charge on any atom is 0.201 e. The van der Waals surface area contributed by atoms with Gasteiger partial charge in [-0.1, -0.05) is 35.7 Å². The standard InChI is InChI=1S/C15H20BrN3/c1-10-2-4-11(5-3-10)9-19-14-8-12(16)6-7-13(14)18-15(19)17/h6-8,10-11H,2-5,9H2,1H3,(H2,17,18). The summed E-state index contributed by atoms with van der Waals surface area (Å²) in [4.78, 5) is 4.45. The zero-order valence-corrected chi connectivity index (χ0v) is 12.9. The van der Waals surface area contributed by atoms with Crippen LogP contribution >= 0.6 is 15.9 Å². The van der Waals surface area contributed by atoms with Gasteiger partial charge in [-0.25, -0.2) is 4.98 Å². The van der Waals surface area contributed by atoms with Gasteiger partial charge in [0.1, 0.15) is 0 Å². The average molecular weight is 322 g/mol. The summed E-state index contributed by atoms with van der Waals surface area (Å²) in [6.07, 6.45) is 5.32. The number of benzene rings is 1. The number of aromatic nitrogens is 2. The molecule has 0 bridgehead atoms. The summed E-state index contributed by atoms with van der Waals surface area (Å²) in [5.74, 6) is 2.28. The largest absolute Gasteiger partial charge is 0.369 e. The van der Waals surface area contributed by atoms with Gasteiger partial charge in [0.2, 0.25) is 5.95 Å². The fourth-order valence-corrected chi connectivity index (χ4v) is 3.43. The van der Waals surface area contributed by atoms with Crippen molar-refractivity contribution in [3.63, 3.8) is 0 Å². The average Bonchev–Trinajstić information content (AvgIpc) is 2.69. The van der Waals surface area contributed by atoms with Crippen LogP contribution in [0.15, 0.2) is 22.7 Å². The highest BCUT2D eigenvalue weighted by atomic mass is 79.9. The number of anilines is 1. The summed E-state index contributed by atoms with van der Waals surface area (Å²) >= 11 is 3.53. The van der Waals surface area contributed by atoms with E-state index in [4.69, 9.17) is 5.73 Å². The van der Waals surface area contributed by atoms with Gasteiger partial charge in [-0.2, -0.15) is 0 Å². The molecule has 3 nitrogen and oxygen atoms in total. The van der Waals surface area contributed by atoms with Gasteiger partial charge in [0, 0.05) is 11.0 Å². The molecule has 1 saturated carbocycles. The summed E-state index contributed by atoms with van der Waals surface area (Å²) in [7, 11) is 0. The van der Waals surface area contributed by atoms with Crippen LogP contribution in [0.5, 0.6) is 0 Å². The van der Waals surface area contributed by atoms with Crippen LogP contribution in [0.4, 0.5) is 5.95 Å². The summed E-state index contributed by atoms with van der Waals surface area (Å²) in [5, 5.41) is 0. The lowest BCUT2D eigenvalue weighted by Crippen LogP contribution is -2.18. The van der Waals surface area contributed by atoms with E-state index in [1.807, 2.05) is 12.1 Å². The van der Waals surface area contributed by atoms with Gasteiger partial charge >= 0.3 is 0 Å². The number of nitrogens with zero attached hydrogens (tertiary/aromatic N) is 2. The van der Waals surface area contributed by atoms with Gasteiger partial charge < -0.3 is 10.3 Å². The zero-order chi connectivity index (χ0) is 13.4. The predicted molar refractivity (Wildman–Crippen MR) is 83.0 cm³/mol. The van der Waals surface area contributed by atoms with E-state index in [-0.39, 0.29) is 0 Å². The summed E-state index contributed by atoms with van der Waals surface area (Å²) in [6.45, 7) is 3.36. The lowest BCUT2D eigenvalue weighted by atomic mass is 9.83. The first kappa shape index (κ1) is 13.0. The Bertz CT molecular complexity index is 582. The lowest BCUT2D eigenvalue weighted by molar-refractivity contribution is 0.267. The van der Waals surface area contributed by atoms with Crippen LogP contribution in [0, 0.1) is 11.8 Å². The number of halogens is 1. The Balaban J connectivity index is 1.87. The lowest BCUT2D eigenvalue weighted by Gasteiger charge is -2.26. The Morgan fingerprint density at radius 1 is 1.32 bits per heavy atom. The van der Waals surface area contributed by atoms with Crippen LogP contribution in [0.1, 0.15) is 32.6 Å². The van der Waals surface area contributed by atoms with Crippen LogP contribution in [-0.4, -0.2) is 9.55 Å². The second kappa shape index (κ2) is 5.16. The fraction of sp³-hybridized carbons (Fsp3) is 0.533. The minimum absolute atomic E-state index is 0.645. The molecule has 0 spiro atoms. The summed E-state index contributed by atoms with van der Waals surface area (Å²) in [5.41, 5.74) is 8.22. The Morgan fingerprint density at radius 3 is 2.79 bits per heavy atom. The molecule has 1 heterocycles. The Kier molecular flexibility index (Phi) is 3.52. The van der Waals surface area contributed by atoms with Crippen molar-refractivity contribution in [3.8, 4) is 0 Å². The third kappa shape index (κ3) is 2.64. The first-order chi connectivity index (χ1) is 9.13. The highest BCUT2D eigenvalue weighted by molar-refractivity contribution is 9.10. The maximum absolute atomic E-state index is 6.08. The zero-order valence-electron chi connectivity index (χ0n) is 11.3. The van der Waals surface area contributed by atoms with E-state index in [0.29, 0.717) is 5.95 Å². The third-order valence-corrected chi connectivity index (χ3v) is 4.81. The number of hydrogen-bond acceptors (Lipinski definition) is 2. The molecule has 1 aromatic carbocycles. The van der Waals surface area contributed by atoms with E-state index in [0.717, 1.165) is 33.9 Å². The number of rotatable bonds is 2. The molecule has 2 N–H and O–H groups in total. The highest BCUT2D eigenvalue weighted by Crippen LogP contribution is 2.31. The van der Waals surface area contributed by atoms with Crippen molar-refractivity contribution < 1.29 is 0 Å². The molecule has 0 unspecified atom stereocenters. The van der Waals surface area contributed by atoms with Crippen LogP contribution in [0.3, 0.4) is 0 Å². The monoisotopic (exact) mass is 321 g/mol. The van der Waals surface area contributed by atoms with Crippen molar-refractivity contribution in [2.45, 2.75) is 39.2 Å². The van der Waals surface area contributed by atoms with Crippen molar-refractivity contribution in [3.05, 3.63) is 22.7 Å². The Labute approximate surface area is 122 Å². The van der Waals surface area contributed by atoms with Gasteiger partial charge in [-0.15, -0.1) is 0 Å². The smallest absolute Gasteiger partial charge is 0.201 e. The van der Waals surface area contributed by atoms with E-state index >= 15 is 0 Å². The molecular formula is C15H20BrN3. The van der Waals surface area contributed by atoms with Crippen LogP contribution < -0.4 is 5.73 Å². The molecule has 0 amide bonds. The maximum atomic E-state index is 6.08. The molecule has 4 heteroatoms. The molecule has 0 saturated heterocycles. The van der Waals surface area contributed by atoms with Crippen molar-refractivity contribution >= 4 is 32.9 Å². The molecule has 2 aromatic rings. The number of fused-ring (bicyclic) bond motifs is 1. The summed E-state index contributed by atoms with van der Waals surface area (Å²) < 4.78 is 3.26. The molecular weight excluding hydrogens is 302 g/mol. The van der Waals surface area contributed by atoms with Crippen LogP contribution in [0.25, 0.3) is 11.0 Å². The van der Waals surface area contributed by atoms with Gasteiger partial charge in [-0.3, -0.25) is 0 Å². The fourth-order valence-electron chi connectivity index (χ4n) is 3.08. The number of nitrogen functional groups attached to an aromatic ring is 1. The number of hydrogen-bond donors (Lipinski definition) is 1. The molecule has 0 aliphatic heterocycles. The molecule has 0 radical (unpaired) electrons. The first-order valence-corrected chi connectivity index (χ1v) is 7.84. The minimum Gasteiger partial charge on any atom is -0.369 e. The molecule has 1 fully saturated rings. The van der Waals surface area contributed by atoms with Crippen LogP contribution in [-0.2, 0) is 6.54 Å². The third-order valence-electron chi connectivity index (χ3n) is 4.32. The molecule has 1 aliphatic rings. The van der Waals surface area contributed by atoms with Gasteiger partial charge in [0.05, 0.1) is 11.0 Å². The predicted octanol–water partition coefficient (Wildman–Crippen LogP) is 4.21. The summed E-state index contributed by atoms with van der Waals surface area (Å²) in [6, 6.07) is 6.15. The second-order valence-corrected chi connectivity index (χ2v) is 6.76. The van der Waals surface area contributed by atoms with Crippen molar-refractivity contribution in [2.24, 2.45) is 11.8 Å². The van der Waals surface area contributed by atoms with E-state index in [1.165, 1.54) is 25.7 Å². The molecule has 0 atom stereocenters. The van der Waals surface area contributed by atoms with E-state index < -0.39 is 0 Å². The quantitative estimate of drug-likeness (QED) is 0.900. The molecule has 102 valence electrons. The van der Waals surface area contributed by atoms with Crippen molar-refractivity contribution in [1.29, 1.82) is 0 Å². The van der Waals surface area contributed by atoms with Gasteiger partial charge in [0.25, 0.3) is 0 Å². The van der Waals surface area contributed by atoms with E-state index in [9.17, 15) is 0 Å². The molecule has 19 heavy (non-hydrogen) atoms. The molecule has 1 aromatic heterocycles. The minimum atomic E-state index is 0.645.